The van der Waals surface area contributed by atoms with Gasteiger partial charge in [-0.2, -0.15) is 0 Å². The van der Waals surface area contributed by atoms with Gasteiger partial charge in [0.2, 0.25) is 0 Å². The van der Waals surface area contributed by atoms with E-state index < -0.39 is 11.6 Å². The van der Waals surface area contributed by atoms with Crippen molar-refractivity contribution >= 4 is 11.9 Å². The summed E-state index contributed by atoms with van der Waals surface area (Å²) in [6.07, 6.45) is 1.48. The fourth-order valence-electron chi connectivity index (χ4n) is 2.90. The molecule has 3 amide bonds. The lowest BCUT2D eigenvalue weighted by molar-refractivity contribution is -0.131. The first-order valence-electron chi connectivity index (χ1n) is 7.79. The molecule has 1 aromatic heterocycles. The van der Waals surface area contributed by atoms with E-state index >= 15 is 0 Å². The largest absolute Gasteiger partial charge is 0.492 e. The monoisotopic (exact) mass is 328 g/mol. The number of nitrogens with one attached hydrogen (secondary N) is 1. The third kappa shape index (κ3) is 2.87. The normalized spacial score (nSPS) is 20.4. The van der Waals surface area contributed by atoms with Crippen molar-refractivity contribution in [3.05, 3.63) is 53.5 Å². The minimum absolute atomic E-state index is 0.175. The first kappa shape index (κ1) is 16.1. The van der Waals surface area contributed by atoms with Gasteiger partial charge < -0.3 is 14.5 Å². The van der Waals surface area contributed by atoms with Crippen molar-refractivity contribution in [2.24, 2.45) is 0 Å². The van der Waals surface area contributed by atoms with Crippen molar-refractivity contribution in [3.63, 3.8) is 0 Å². The number of aryl methyl sites for hydroxylation is 2. The summed E-state index contributed by atoms with van der Waals surface area (Å²) < 4.78 is 11.0. The predicted octanol–water partition coefficient (Wildman–Crippen LogP) is 2.74. The van der Waals surface area contributed by atoms with Gasteiger partial charge in [0.25, 0.3) is 5.91 Å². The van der Waals surface area contributed by atoms with Crippen molar-refractivity contribution in [1.82, 2.24) is 10.2 Å². The van der Waals surface area contributed by atoms with Gasteiger partial charge in [-0.15, -0.1) is 0 Å². The Kier molecular flexibility index (Phi) is 4.05. The van der Waals surface area contributed by atoms with Gasteiger partial charge in [-0.05, 0) is 56.2 Å². The Morgan fingerprint density at radius 3 is 2.54 bits per heavy atom. The molecule has 1 unspecified atom stereocenters. The molecule has 0 saturated carbocycles. The summed E-state index contributed by atoms with van der Waals surface area (Å²) in [6, 6.07) is 8.82. The molecule has 0 bridgehead atoms. The van der Waals surface area contributed by atoms with E-state index in [0.29, 0.717) is 5.76 Å². The Morgan fingerprint density at radius 1 is 1.21 bits per heavy atom. The minimum Gasteiger partial charge on any atom is -0.492 e. The average Bonchev–Trinajstić information content (AvgIpc) is 3.10. The Hall–Kier alpha value is -2.76. The van der Waals surface area contributed by atoms with E-state index in [1.165, 1.54) is 6.26 Å². The number of ether oxygens (including phenoxy) is 1. The summed E-state index contributed by atoms with van der Waals surface area (Å²) in [7, 11) is 0. The first-order valence-corrected chi connectivity index (χ1v) is 7.79. The second kappa shape index (κ2) is 6.03. The summed E-state index contributed by atoms with van der Waals surface area (Å²) >= 11 is 0. The molecule has 1 fully saturated rings. The van der Waals surface area contributed by atoms with Gasteiger partial charge >= 0.3 is 6.03 Å². The average molecular weight is 328 g/mol. The van der Waals surface area contributed by atoms with Gasteiger partial charge in [0.15, 0.2) is 5.54 Å². The zero-order chi connectivity index (χ0) is 17.3. The zero-order valence-electron chi connectivity index (χ0n) is 14.0. The van der Waals surface area contributed by atoms with E-state index in [2.05, 4.69) is 11.4 Å². The number of hydrogen-bond acceptors (Lipinski definition) is 4. The quantitative estimate of drug-likeness (QED) is 0.857. The van der Waals surface area contributed by atoms with E-state index in [0.717, 1.165) is 21.8 Å². The van der Waals surface area contributed by atoms with E-state index in [1.54, 1.807) is 19.1 Å². The lowest BCUT2D eigenvalue weighted by Crippen LogP contribution is -2.41. The summed E-state index contributed by atoms with van der Waals surface area (Å²) in [5.41, 5.74) is 1.04. The highest BCUT2D eigenvalue weighted by atomic mass is 16.5. The van der Waals surface area contributed by atoms with Crippen LogP contribution < -0.4 is 10.1 Å². The second-order valence-corrected chi connectivity index (χ2v) is 6.16. The molecule has 0 radical (unpaired) electrons. The van der Waals surface area contributed by atoms with Crippen LogP contribution in [0, 0.1) is 13.8 Å². The molecule has 0 spiro atoms. The predicted molar refractivity (Wildman–Crippen MR) is 87.7 cm³/mol. The molecule has 2 aromatic rings. The number of nitrogens with zero attached hydrogens (tertiary/aromatic N) is 1. The SMILES string of the molecule is Cc1cc(C)cc(OCCN2C(=O)NC(C)(c3ccco3)C2=O)c1. The molecule has 1 N–H and O–H groups in total. The van der Waals surface area contributed by atoms with Crippen LogP contribution in [0.1, 0.15) is 23.8 Å². The van der Waals surface area contributed by atoms with Crippen LogP contribution in [0.15, 0.2) is 41.0 Å². The first-order chi connectivity index (χ1) is 11.4. The highest BCUT2D eigenvalue weighted by Gasteiger charge is 2.50. The van der Waals surface area contributed by atoms with Gasteiger partial charge in [-0.1, -0.05) is 6.07 Å². The van der Waals surface area contributed by atoms with Crippen molar-refractivity contribution in [3.8, 4) is 5.75 Å². The van der Waals surface area contributed by atoms with Crippen molar-refractivity contribution in [1.29, 1.82) is 0 Å². The molecule has 126 valence electrons. The third-order valence-electron chi connectivity index (χ3n) is 4.07. The molecule has 1 atom stereocenters. The Morgan fingerprint density at radius 2 is 1.92 bits per heavy atom. The Balaban J connectivity index is 1.65. The zero-order valence-corrected chi connectivity index (χ0v) is 14.0. The fourth-order valence-corrected chi connectivity index (χ4v) is 2.90. The van der Waals surface area contributed by atoms with E-state index in [-0.39, 0.29) is 19.1 Å². The van der Waals surface area contributed by atoms with Crippen LogP contribution in [0.4, 0.5) is 4.79 Å². The third-order valence-corrected chi connectivity index (χ3v) is 4.07. The number of amides is 3. The van der Waals surface area contributed by atoms with Gasteiger partial charge in [-0.25, -0.2) is 4.79 Å². The van der Waals surface area contributed by atoms with Crippen molar-refractivity contribution in [2.45, 2.75) is 26.3 Å². The molecule has 6 nitrogen and oxygen atoms in total. The summed E-state index contributed by atoms with van der Waals surface area (Å²) in [5, 5.41) is 2.69. The van der Waals surface area contributed by atoms with Crippen LogP contribution in [0.2, 0.25) is 0 Å². The van der Waals surface area contributed by atoms with Gasteiger partial charge in [0, 0.05) is 0 Å². The number of carbonyl (C=O) groups excluding carboxylic acids is 2. The van der Waals surface area contributed by atoms with E-state index in [4.69, 9.17) is 9.15 Å². The van der Waals surface area contributed by atoms with Crippen molar-refractivity contribution < 1.29 is 18.7 Å². The lowest BCUT2D eigenvalue weighted by atomic mass is 9.99. The van der Waals surface area contributed by atoms with Gasteiger partial charge in [0.1, 0.15) is 18.1 Å². The van der Waals surface area contributed by atoms with Crippen molar-refractivity contribution in [2.75, 3.05) is 13.2 Å². The van der Waals surface area contributed by atoms with E-state index in [1.807, 2.05) is 26.0 Å². The number of carbonyl (C=O) groups is 2. The molecule has 1 aliphatic heterocycles. The molecule has 0 aliphatic carbocycles. The molecule has 2 heterocycles. The smallest absolute Gasteiger partial charge is 0.325 e. The number of imide groups is 1. The van der Waals surface area contributed by atoms with Crippen LogP contribution in [0.3, 0.4) is 0 Å². The molecule has 1 aromatic carbocycles. The van der Waals surface area contributed by atoms with Crippen LogP contribution in [0.5, 0.6) is 5.75 Å². The maximum absolute atomic E-state index is 12.6. The summed E-state index contributed by atoms with van der Waals surface area (Å²) in [5.74, 6) is 0.804. The fraction of sp³-hybridized carbons (Fsp3) is 0.333. The molecule has 6 heteroatoms. The summed E-state index contributed by atoms with van der Waals surface area (Å²) in [4.78, 5) is 25.9. The van der Waals surface area contributed by atoms with E-state index in [9.17, 15) is 9.59 Å². The number of rotatable bonds is 5. The Labute approximate surface area is 140 Å². The Bertz CT molecular complexity index is 749. The number of urea groups is 1. The standard InChI is InChI=1S/C18H20N2O4/c1-12-9-13(2)11-14(10-12)23-8-6-20-16(21)18(3,19-17(20)22)15-5-4-7-24-15/h4-5,7,9-11H,6,8H2,1-3H3,(H,19,22). The molecule has 1 aliphatic rings. The van der Waals surface area contributed by atoms with Crippen LogP contribution >= 0.6 is 0 Å². The molecule has 3 rings (SSSR count). The highest BCUT2D eigenvalue weighted by molar-refractivity contribution is 6.06. The molecular formula is C18H20N2O4. The van der Waals surface area contributed by atoms with Gasteiger partial charge in [-0.3, -0.25) is 9.69 Å². The van der Waals surface area contributed by atoms with Crippen LogP contribution in [-0.2, 0) is 10.3 Å². The maximum atomic E-state index is 12.6. The molecule has 1 saturated heterocycles. The topological polar surface area (TPSA) is 71.8 Å². The second-order valence-electron chi connectivity index (χ2n) is 6.16. The highest BCUT2D eigenvalue weighted by Crippen LogP contribution is 2.28. The lowest BCUT2D eigenvalue weighted by Gasteiger charge is -2.19. The van der Waals surface area contributed by atoms with Crippen LogP contribution in [-0.4, -0.2) is 30.0 Å². The molecule has 24 heavy (non-hydrogen) atoms. The maximum Gasteiger partial charge on any atom is 0.325 e. The number of furan rings is 1. The summed E-state index contributed by atoms with van der Waals surface area (Å²) in [6.45, 7) is 6.03. The number of benzene rings is 1. The van der Waals surface area contributed by atoms with Gasteiger partial charge in [0.05, 0.1) is 12.8 Å². The number of hydrogen-bond donors (Lipinski definition) is 1. The minimum atomic E-state index is -1.17. The molecular weight excluding hydrogens is 308 g/mol. The van der Waals surface area contributed by atoms with Crippen LogP contribution in [0.25, 0.3) is 0 Å².